The van der Waals surface area contributed by atoms with Gasteiger partial charge in [0.25, 0.3) is 0 Å². The van der Waals surface area contributed by atoms with Gasteiger partial charge in [0.2, 0.25) is 0 Å². The highest BCUT2D eigenvalue weighted by molar-refractivity contribution is 6.45. The van der Waals surface area contributed by atoms with E-state index in [0.717, 1.165) is 6.29 Å². The smallest absolute Gasteiger partial charge is 0.168 e. The van der Waals surface area contributed by atoms with Gasteiger partial charge < -0.3 is 0 Å². The normalized spacial score (nSPS) is 10.5. The number of rotatable bonds is 4. The molecular weight excluding hydrogens is 347 g/mol. The van der Waals surface area contributed by atoms with Gasteiger partial charge in [0.15, 0.2) is 17.3 Å². The predicted octanol–water partition coefficient (Wildman–Crippen LogP) is 4.17. The van der Waals surface area contributed by atoms with Crippen molar-refractivity contribution in [3.8, 4) is 6.07 Å². The third-order valence-electron chi connectivity index (χ3n) is 2.65. The fourth-order valence-electron chi connectivity index (χ4n) is 1.58. The molecule has 1 aromatic carbocycles. The highest BCUT2D eigenvalue weighted by Gasteiger charge is 2.15. The monoisotopic (exact) mass is 352 g/mol. The lowest BCUT2D eigenvalue weighted by Gasteiger charge is -2.06. The molecule has 8 heteroatoms. The summed E-state index contributed by atoms with van der Waals surface area (Å²) in [4.78, 5) is 14.8. The van der Waals surface area contributed by atoms with E-state index in [1.54, 1.807) is 24.3 Å². The van der Waals surface area contributed by atoms with Gasteiger partial charge >= 0.3 is 0 Å². The van der Waals surface area contributed by atoms with Crippen molar-refractivity contribution in [3.05, 3.63) is 56.2 Å². The summed E-state index contributed by atoms with van der Waals surface area (Å²) in [6.45, 7) is 0. The van der Waals surface area contributed by atoms with Crippen LogP contribution in [0.25, 0.3) is 0 Å². The van der Waals surface area contributed by atoms with Gasteiger partial charge in [-0.1, -0.05) is 59.1 Å². The molecule has 2 rings (SSSR count). The van der Waals surface area contributed by atoms with E-state index < -0.39 is 0 Å². The summed E-state index contributed by atoms with van der Waals surface area (Å²) >= 11 is 17.8. The highest BCUT2D eigenvalue weighted by Crippen LogP contribution is 2.34. The Balaban J connectivity index is 2.28. The number of hydrogen-bond donors (Lipinski definition) is 1. The maximum absolute atomic E-state index is 10.9. The Labute approximate surface area is 141 Å². The molecule has 0 radical (unpaired) electrons. The van der Waals surface area contributed by atoms with Gasteiger partial charge in [0.05, 0.1) is 11.2 Å². The molecule has 0 saturated heterocycles. The first kappa shape index (κ1) is 16.2. The molecule has 110 valence electrons. The highest BCUT2D eigenvalue weighted by atomic mass is 35.5. The minimum absolute atomic E-state index is 0.00448. The Kier molecular flexibility index (Phi) is 5.34. The third kappa shape index (κ3) is 3.37. The number of carbonyl (C=O) groups is 1. The van der Waals surface area contributed by atoms with Crippen LogP contribution in [-0.4, -0.2) is 17.5 Å². The first-order valence-electron chi connectivity index (χ1n) is 5.86. The van der Waals surface area contributed by atoms with Crippen LogP contribution in [0, 0.1) is 11.3 Å². The summed E-state index contributed by atoms with van der Waals surface area (Å²) in [5.74, 6) is 0.107. The molecule has 0 unspecified atom stereocenters. The second kappa shape index (κ2) is 7.23. The maximum Gasteiger partial charge on any atom is 0.168 e. The van der Waals surface area contributed by atoms with E-state index in [1.165, 1.54) is 6.21 Å². The van der Waals surface area contributed by atoms with Crippen molar-refractivity contribution in [1.82, 2.24) is 4.98 Å². The fraction of sp³-hybridized carbons (Fsp3) is 0. The van der Waals surface area contributed by atoms with E-state index in [2.05, 4.69) is 15.5 Å². The third-order valence-corrected chi connectivity index (χ3v) is 3.76. The van der Waals surface area contributed by atoms with Crippen LogP contribution in [0.3, 0.4) is 0 Å². The molecule has 0 aliphatic carbocycles. The lowest BCUT2D eigenvalue weighted by Crippen LogP contribution is -1.99. The average Bonchev–Trinajstić information content (AvgIpc) is 2.53. The minimum Gasteiger partial charge on any atom is -0.298 e. The molecule has 0 aliphatic rings. The van der Waals surface area contributed by atoms with Crippen LogP contribution in [0.1, 0.15) is 21.5 Å². The Morgan fingerprint density at radius 1 is 1.18 bits per heavy atom. The van der Waals surface area contributed by atoms with Crippen molar-refractivity contribution in [2.24, 2.45) is 5.10 Å². The van der Waals surface area contributed by atoms with Crippen LogP contribution >= 0.6 is 34.8 Å². The average molecular weight is 354 g/mol. The zero-order chi connectivity index (χ0) is 16.1. The minimum atomic E-state index is -0.0807. The van der Waals surface area contributed by atoms with Crippen LogP contribution in [0.4, 0.5) is 5.82 Å². The number of hydrogen-bond acceptors (Lipinski definition) is 5. The zero-order valence-corrected chi connectivity index (χ0v) is 13.1. The fourth-order valence-corrected chi connectivity index (χ4v) is 2.25. The first-order chi connectivity index (χ1) is 10.6. The number of nitrogens with zero attached hydrogens (tertiary/aromatic N) is 3. The van der Waals surface area contributed by atoms with Gasteiger partial charge in [0, 0.05) is 11.1 Å². The lowest BCUT2D eigenvalue weighted by atomic mass is 10.1. The number of hydrazone groups is 1. The number of aromatic nitrogens is 1. The molecule has 22 heavy (non-hydrogen) atoms. The van der Waals surface area contributed by atoms with E-state index >= 15 is 0 Å². The Morgan fingerprint density at radius 2 is 1.86 bits per heavy atom. The number of nitriles is 1. The van der Waals surface area contributed by atoms with Gasteiger partial charge in [-0.25, -0.2) is 4.98 Å². The quantitative estimate of drug-likeness (QED) is 0.387. The predicted molar refractivity (Wildman–Crippen MR) is 87.0 cm³/mol. The van der Waals surface area contributed by atoms with Gasteiger partial charge in [0.1, 0.15) is 16.7 Å². The van der Waals surface area contributed by atoms with E-state index in [1.807, 2.05) is 6.07 Å². The van der Waals surface area contributed by atoms with Crippen LogP contribution in [-0.2, 0) is 0 Å². The van der Waals surface area contributed by atoms with E-state index in [-0.39, 0.29) is 26.6 Å². The largest absolute Gasteiger partial charge is 0.298 e. The molecule has 0 atom stereocenters. The Bertz CT molecular complexity index is 799. The molecule has 0 spiro atoms. The Morgan fingerprint density at radius 3 is 2.50 bits per heavy atom. The molecule has 5 nitrogen and oxygen atoms in total. The summed E-state index contributed by atoms with van der Waals surface area (Å²) in [7, 11) is 0. The summed E-state index contributed by atoms with van der Waals surface area (Å²) in [5.41, 5.74) is 3.68. The number of aldehydes is 1. The van der Waals surface area contributed by atoms with Crippen LogP contribution in [0.5, 0.6) is 0 Å². The molecule has 0 fully saturated rings. The summed E-state index contributed by atoms with van der Waals surface area (Å²) in [6.07, 6.45) is 2.16. The summed E-state index contributed by atoms with van der Waals surface area (Å²) in [5, 5.41) is 12.8. The molecule has 0 aliphatic heterocycles. The van der Waals surface area contributed by atoms with Crippen molar-refractivity contribution in [3.63, 3.8) is 0 Å². The van der Waals surface area contributed by atoms with Crippen LogP contribution in [0.15, 0.2) is 29.4 Å². The number of nitrogens with one attached hydrogen (secondary N) is 1. The SMILES string of the molecule is N#Cc1c(Cl)nc(N/N=C\c2ccccc2C=O)c(Cl)c1Cl. The summed E-state index contributed by atoms with van der Waals surface area (Å²) in [6, 6.07) is 8.72. The van der Waals surface area contributed by atoms with E-state index in [9.17, 15) is 4.79 Å². The molecule has 2 aromatic rings. The number of pyridine rings is 1. The van der Waals surface area contributed by atoms with Gasteiger partial charge in [-0.3, -0.25) is 10.2 Å². The molecule has 1 N–H and O–H groups in total. The van der Waals surface area contributed by atoms with E-state index in [4.69, 9.17) is 40.1 Å². The van der Waals surface area contributed by atoms with Crippen LogP contribution < -0.4 is 5.43 Å². The molecule has 1 heterocycles. The Hall–Kier alpha value is -2.13. The topological polar surface area (TPSA) is 78.1 Å². The molecule has 1 aromatic heterocycles. The van der Waals surface area contributed by atoms with E-state index in [0.29, 0.717) is 11.1 Å². The zero-order valence-electron chi connectivity index (χ0n) is 10.8. The molecule has 0 saturated carbocycles. The molecule has 0 amide bonds. The second-order valence-electron chi connectivity index (χ2n) is 3.98. The van der Waals surface area contributed by atoms with Crippen molar-refractivity contribution >= 4 is 53.1 Å². The molecular formula is C14H7Cl3N4O. The lowest BCUT2D eigenvalue weighted by molar-refractivity contribution is 0.112. The van der Waals surface area contributed by atoms with Gasteiger partial charge in [-0.15, -0.1) is 0 Å². The van der Waals surface area contributed by atoms with Crippen molar-refractivity contribution in [2.45, 2.75) is 0 Å². The number of carbonyl (C=O) groups excluding carboxylic acids is 1. The van der Waals surface area contributed by atoms with Crippen molar-refractivity contribution in [2.75, 3.05) is 5.43 Å². The van der Waals surface area contributed by atoms with Crippen molar-refractivity contribution in [1.29, 1.82) is 5.26 Å². The van der Waals surface area contributed by atoms with Gasteiger partial charge in [-0.05, 0) is 0 Å². The first-order valence-corrected chi connectivity index (χ1v) is 6.99. The standard InChI is InChI=1S/C14H7Cl3N4O/c15-11-10(5-18)13(17)20-14(12(11)16)21-19-6-8-3-1-2-4-9(8)7-22/h1-4,6-7H,(H,20,21)/b19-6-. The number of halogens is 3. The number of benzene rings is 1. The van der Waals surface area contributed by atoms with Gasteiger partial charge in [-0.2, -0.15) is 10.4 Å². The number of anilines is 1. The summed E-state index contributed by atoms with van der Waals surface area (Å²) < 4.78 is 0. The molecule has 0 bridgehead atoms. The maximum atomic E-state index is 10.9. The second-order valence-corrected chi connectivity index (χ2v) is 5.10. The van der Waals surface area contributed by atoms with Crippen LogP contribution in [0.2, 0.25) is 15.2 Å². The van der Waals surface area contributed by atoms with Crippen molar-refractivity contribution < 1.29 is 4.79 Å².